The number of halogens is 1. The van der Waals surface area contributed by atoms with E-state index < -0.39 is 0 Å². The standard InChI is InChI=1S/C16H21N5O2.HI/c1-17-16(19-10-14(22)21(2)3)18-9-13-15(23-11-20-13)12-7-5-4-6-8-12;/h4-8,11H,9-10H2,1-3H3,(H2,17,18,19);1H. The second-order valence-electron chi connectivity index (χ2n) is 5.06. The quantitative estimate of drug-likeness (QED) is 0.418. The first kappa shape index (κ1) is 19.9. The summed E-state index contributed by atoms with van der Waals surface area (Å²) in [7, 11) is 5.07. The smallest absolute Gasteiger partial charge is 0.241 e. The number of amides is 1. The summed E-state index contributed by atoms with van der Waals surface area (Å²) in [5.74, 6) is 1.22. The number of hydrogen-bond donors (Lipinski definition) is 2. The van der Waals surface area contributed by atoms with Crippen LogP contribution in [0.5, 0.6) is 0 Å². The van der Waals surface area contributed by atoms with E-state index >= 15 is 0 Å². The molecule has 1 amide bonds. The minimum Gasteiger partial charge on any atom is -0.443 e. The van der Waals surface area contributed by atoms with E-state index in [9.17, 15) is 4.79 Å². The van der Waals surface area contributed by atoms with Crippen LogP contribution in [0.15, 0.2) is 46.1 Å². The Labute approximate surface area is 158 Å². The molecule has 1 aromatic heterocycles. The van der Waals surface area contributed by atoms with Crippen molar-refractivity contribution in [1.29, 1.82) is 0 Å². The molecule has 24 heavy (non-hydrogen) atoms. The van der Waals surface area contributed by atoms with E-state index in [1.165, 1.54) is 11.3 Å². The molecule has 0 aliphatic rings. The van der Waals surface area contributed by atoms with Gasteiger partial charge in [0.05, 0.1) is 13.1 Å². The third-order valence-electron chi connectivity index (χ3n) is 3.23. The lowest BCUT2D eigenvalue weighted by Crippen LogP contribution is -2.42. The predicted molar refractivity (Wildman–Crippen MR) is 104 cm³/mol. The number of carbonyl (C=O) groups is 1. The van der Waals surface area contributed by atoms with Crippen LogP contribution in [0, 0.1) is 0 Å². The number of hydrogen-bond acceptors (Lipinski definition) is 4. The van der Waals surface area contributed by atoms with Crippen molar-refractivity contribution in [2.75, 3.05) is 27.7 Å². The highest BCUT2D eigenvalue weighted by molar-refractivity contribution is 14.0. The molecule has 2 N–H and O–H groups in total. The largest absolute Gasteiger partial charge is 0.443 e. The first-order valence-electron chi connectivity index (χ1n) is 7.24. The van der Waals surface area contributed by atoms with Crippen molar-refractivity contribution >= 4 is 35.8 Å². The summed E-state index contributed by atoms with van der Waals surface area (Å²) in [6, 6.07) is 9.77. The molecule has 0 saturated carbocycles. The van der Waals surface area contributed by atoms with Crippen LogP contribution in [0.3, 0.4) is 0 Å². The van der Waals surface area contributed by atoms with Gasteiger partial charge >= 0.3 is 0 Å². The Morgan fingerprint density at radius 3 is 2.58 bits per heavy atom. The fourth-order valence-corrected chi connectivity index (χ4v) is 1.92. The number of carbonyl (C=O) groups excluding carboxylic acids is 1. The Morgan fingerprint density at radius 2 is 1.96 bits per heavy atom. The fraction of sp³-hybridized carbons (Fsp3) is 0.312. The molecule has 0 radical (unpaired) electrons. The van der Waals surface area contributed by atoms with Crippen LogP contribution in [0.25, 0.3) is 11.3 Å². The highest BCUT2D eigenvalue weighted by Gasteiger charge is 2.11. The summed E-state index contributed by atoms with van der Waals surface area (Å²) in [6.07, 6.45) is 1.42. The van der Waals surface area contributed by atoms with Crippen LogP contribution in [0.1, 0.15) is 5.69 Å². The van der Waals surface area contributed by atoms with Crippen molar-refractivity contribution < 1.29 is 9.21 Å². The molecule has 8 heteroatoms. The van der Waals surface area contributed by atoms with Gasteiger partial charge in [0, 0.05) is 26.7 Å². The maximum absolute atomic E-state index is 11.6. The molecule has 1 aromatic carbocycles. The van der Waals surface area contributed by atoms with Gasteiger partial charge in [-0.25, -0.2) is 4.98 Å². The zero-order valence-electron chi connectivity index (χ0n) is 13.9. The molecule has 0 aliphatic carbocycles. The molecule has 7 nitrogen and oxygen atoms in total. The van der Waals surface area contributed by atoms with Gasteiger partial charge in [0.2, 0.25) is 5.91 Å². The van der Waals surface area contributed by atoms with Crippen LogP contribution in [-0.2, 0) is 11.3 Å². The van der Waals surface area contributed by atoms with Gasteiger partial charge in [-0.3, -0.25) is 9.79 Å². The number of nitrogens with one attached hydrogen (secondary N) is 2. The van der Waals surface area contributed by atoms with Crippen LogP contribution in [0.4, 0.5) is 0 Å². The molecule has 130 valence electrons. The van der Waals surface area contributed by atoms with Crippen molar-refractivity contribution in [3.63, 3.8) is 0 Å². The van der Waals surface area contributed by atoms with Gasteiger partial charge in [0.1, 0.15) is 5.69 Å². The average molecular weight is 443 g/mol. The summed E-state index contributed by atoms with van der Waals surface area (Å²) in [5.41, 5.74) is 1.74. The van der Waals surface area contributed by atoms with E-state index in [-0.39, 0.29) is 36.4 Å². The molecular formula is C16H22IN5O2. The molecule has 0 bridgehead atoms. The number of oxazole rings is 1. The maximum Gasteiger partial charge on any atom is 0.241 e. The number of likely N-dealkylation sites (N-methyl/N-ethyl adjacent to an activating group) is 1. The second-order valence-corrected chi connectivity index (χ2v) is 5.06. The van der Waals surface area contributed by atoms with Gasteiger partial charge in [-0.1, -0.05) is 30.3 Å². The topological polar surface area (TPSA) is 82.8 Å². The van der Waals surface area contributed by atoms with Gasteiger partial charge in [-0.2, -0.15) is 0 Å². The Bertz CT molecular complexity index is 670. The summed E-state index contributed by atoms with van der Waals surface area (Å²) in [5, 5.41) is 6.08. The summed E-state index contributed by atoms with van der Waals surface area (Å²) in [4.78, 5) is 21.4. The molecule has 0 fully saturated rings. The third kappa shape index (κ3) is 5.52. The number of rotatable bonds is 5. The van der Waals surface area contributed by atoms with Gasteiger partial charge in [0.25, 0.3) is 0 Å². The van der Waals surface area contributed by atoms with Gasteiger partial charge in [0.15, 0.2) is 18.1 Å². The lowest BCUT2D eigenvalue weighted by molar-refractivity contribution is -0.127. The molecular weight excluding hydrogens is 421 g/mol. The van der Waals surface area contributed by atoms with Crippen LogP contribution >= 0.6 is 24.0 Å². The molecule has 0 spiro atoms. The van der Waals surface area contributed by atoms with E-state index in [1.807, 2.05) is 30.3 Å². The normalized spacial score (nSPS) is 10.7. The molecule has 0 aliphatic heterocycles. The summed E-state index contributed by atoms with van der Waals surface area (Å²) >= 11 is 0. The Balaban J connectivity index is 0.00000288. The lowest BCUT2D eigenvalue weighted by Gasteiger charge is -2.14. The van der Waals surface area contributed by atoms with Crippen molar-refractivity contribution in [3.05, 3.63) is 42.4 Å². The van der Waals surface area contributed by atoms with E-state index in [1.54, 1.807) is 21.1 Å². The monoisotopic (exact) mass is 443 g/mol. The average Bonchev–Trinajstić information content (AvgIpc) is 3.04. The van der Waals surface area contributed by atoms with Crippen LogP contribution in [0.2, 0.25) is 0 Å². The number of aromatic nitrogens is 1. The molecule has 0 saturated heterocycles. The van der Waals surface area contributed by atoms with E-state index in [2.05, 4.69) is 20.6 Å². The molecule has 2 aromatic rings. The van der Waals surface area contributed by atoms with Crippen molar-refractivity contribution in [2.45, 2.75) is 6.54 Å². The molecule has 2 rings (SSSR count). The van der Waals surface area contributed by atoms with Gasteiger partial charge in [-0.15, -0.1) is 24.0 Å². The maximum atomic E-state index is 11.6. The Kier molecular flexibility index (Phi) is 8.24. The summed E-state index contributed by atoms with van der Waals surface area (Å²) < 4.78 is 5.47. The fourth-order valence-electron chi connectivity index (χ4n) is 1.92. The predicted octanol–water partition coefficient (Wildman–Crippen LogP) is 1.71. The second kappa shape index (κ2) is 9.91. The van der Waals surface area contributed by atoms with Crippen LogP contribution < -0.4 is 10.6 Å². The first-order chi connectivity index (χ1) is 11.1. The number of benzene rings is 1. The van der Waals surface area contributed by atoms with E-state index in [4.69, 9.17) is 4.42 Å². The Hall–Kier alpha value is -2.10. The van der Waals surface area contributed by atoms with Gasteiger partial charge in [-0.05, 0) is 0 Å². The number of nitrogens with zero attached hydrogens (tertiary/aromatic N) is 3. The zero-order chi connectivity index (χ0) is 16.7. The molecule has 0 atom stereocenters. The van der Waals surface area contributed by atoms with Crippen molar-refractivity contribution in [1.82, 2.24) is 20.5 Å². The zero-order valence-corrected chi connectivity index (χ0v) is 16.3. The van der Waals surface area contributed by atoms with E-state index in [0.29, 0.717) is 12.5 Å². The minimum absolute atomic E-state index is 0. The van der Waals surface area contributed by atoms with Crippen molar-refractivity contribution in [3.8, 4) is 11.3 Å². The number of guanidine groups is 1. The lowest BCUT2D eigenvalue weighted by atomic mass is 10.1. The SMILES string of the molecule is CN=C(NCC(=O)N(C)C)NCc1ncoc1-c1ccccc1.I. The van der Waals surface area contributed by atoms with Crippen molar-refractivity contribution in [2.24, 2.45) is 4.99 Å². The molecule has 0 unspecified atom stereocenters. The minimum atomic E-state index is -0.0284. The van der Waals surface area contributed by atoms with Crippen LogP contribution in [-0.4, -0.2) is 49.4 Å². The highest BCUT2D eigenvalue weighted by Crippen LogP contribution is 2.22. The third-order valence-corrected chi connectivity index (χ3v) is 3.23. The Morgan fingerprint density at radius 1 is 1.25 bits per heavy atom. The summed E-state index contributed by atoms with van der Waals surface area (Å²) in [6.45, 7) is 0.619. The number of aliphatic imine (C=N–C) groups is 1. The van der Waals surface area contributed by atoms with E-state index in [0.717, 1.165) is 17.0 Å². The van der Waals surface area contributed by atoms with Gasteiger partial charge < -0.3 is 20.0 Å². The molecule has 1 heterocycles. The highest BCUT2D eigenvalue weighted by atomic mass is 127. The first-order valence-corrected chi connectivity index (χ1v) is 7.24.